The fourth-order valence-electron chi connectivity index (χ4n) is 7.82. The van der Waals surface area contributed by atoms with Crippen LogP contribution in [0.1, 0.15) is 44.5 Å². The lowest BCUT2D eigenvalue weighted by Crippen LogP contribution is -2.27. The summed E-state index contributed by atoms with van der Waals surface area (Å²) in [5.74, 6) is 14.6. The zero-order valence-electron chi connectivity index (χ0n) is 30.7. The number of nitrogens with zero attached hydrogens (tertiary/aromatic N) is 2. The van der Waals surface area contributed by atoms with E-state index in [4.69, 9.17) is 9.97 Å². The van der Waals surface area contributed by atoms with Crippen molar-refractivity contribution in [2.75, 3.05) is 0 Å². The minimum absolute atomic E-state index is 0.680. The van der Waals surface area contributed by atoms with Crippen LogP contribution in [-0.4, -0.2) is 9.97 Å². The molecule has 9 rings (SSSR count). The highest BCUT2D eigenvalue weighted by molar-refractivity contribution is 6.03. The molecular formula is C54H36N2. The molecule has 2 heteroatoms. The van der Waals surface area contributed by atoms with E-state index in [2.05, 4.69) is 194 Å². The smallest absolute Gasteiger partial charge is 0.107 e. The Morgan fingerprint density at radius 1 is 0.304 bits per heavy atom. The van der Waals surface area contributed by atoms with Gasteiger partial charge in [0.05, 0.1) is 11.0 Å². The highest BCUT2D eigenvalue weighted by Gasteiger charge is 2.35. The van der Waals surface area contributed by atoms with Crippen molar-refractivity contribution in [3.05, 3.63) is 263 Å². The normalized spacial score (nSPS) is 11.3. The van der Waals surface area contributed by atoms with Crippen molar-refractivity contribution in [3.63, 3.8) is 0 Å². The molecule has 56 heavy (non-hydrogen) atoms. The van der Waals surface area contributed by atoms with Gasteiger partial charge in [0.15, 0.2) is 0 Å². The molecule has 0 aliphatic heterocycles. The molecule has 7 aromatic carbocycles. The average molecular weight is 713 g/mol. The van der Waals surface area contributed by atoms with Gasteiger partial charge in [-0.3, -0.25) is 9.97 Å². The molecule has 0 saturated heterocycles. The van der Waals surface area contributed by atoms with E-state index >= 15 is 0 Å². The number of rotatable bonds is 6. The van der Waals surface area contributed by atoms with Gasteiger partial charge in [-0.15, -0.1) is 0 Å². The Labute approximate surface area is 328 Å². The molecule has 0 atom stereocenters. The Morgan fingerprint density at radius 3 is 0.804 bits per heavy atom. The van der Waals surface area contributed by atoms with Crippen LogP contribution in [0, 0.1) is 23.7 Å². The minimum atomic E-state index is -0.680. The zero-order valence-corrected chi connectivity index (χ0v) is 30.7. The van der Waals surface area contributed by atoms with Gasteiger partial charge < -0.3 is 0 Å². The van der Waals surface area contributed by atoms with Crippen molar-refractivity contribution in [2.45, 2.75) is 10.8 Å². The van der Waals surface area contributed by atoms with E-state index in [0.29, 0.717) is 0 Å². The van der Waals surface area contributed by atoms with Gasteiger partial charge in [0.2, 0.25) is 0 Å². The van der Waals surface area contributed by atoms with E-state index in [9.17, 15) is 0 Å². The summed E-state index contributed by atoms with van der Waals surface area (Å²) in [7, 11) is 0. The van der Waals surface area contributed by atoms with Crippen LogP contribution in [0.3, 0.4) is 0 Å². The standard InChI is InChI=1S/C54H36N2/c1-7-19-45(20-8-1)53(46-21-9-2-10-22-46,47-23-11-3-12-24-47)35-33-41-37-43-31-32-44-38-42(40-56-52(44)51(43)55-39-41)34-36-54(48-25-13-4-14-26-48,49-27-15-5-16-28-49)50-29-17-6-18-30-50/h1-32,37-40H. The van der Waals surface area contributed by atoms with Crippen molar-refractivity contribution in [2.24, 2.45) is 0 Å². The van der Waals surface area contributed by atoms with Crippen molar-refractivity contribution in [1.82, 2.24) is 9.97 Å². The molecule has 0 amide bonds. The van der Waals surface area contributed by atoms with Gasteiger partial charge in [0, 0.05) is 34.3 Å². The summed E-state index contributed by atoms with van der Waals surface area (Å²) in [6.45, 7) is 0. The highest BCUT2D eigenvalue weighted by Crippen LogP contribution is 2.40. The van der Waals surface area contributed by atoms with Crippen molar-refractivity contribution >= 4 is 21.8 Å². The molecule has 0 spiro atoms. The van der Waals surface area contributed by atoms with Gasteiger partial charge in [-0.2, -0.15) is 0 Å². The quantitative estimate of drug-likeness (QED) is 0.0974. The van der Waals surface area contributed by atoms with Crippen LogP contribution >= 0.6 is 0 Å². The van der Waals surface area contributed by atoms with E-state index in [1.165, 1.54) is 0 Å². The maximum atomic E-state index is 4.96. The molecule has 0 saturated carbocycles. The van der Waals surface area contributed by atoms with Crippen LogP contribution in [-0.2, 0) is 10.8 Å². The number of pyridine rings is 2. The molecule has 0 aliphatic carbocycles. The molecule has 2 heterocycles. The summed E-state index contributed by atoms with van der Waals surface area (Å²) in [5.41, 5.74) is 8.66. The van der Waals surface area contributed by atoms with Crippen LogP contribution < -0.4 is 0 Å². The number of fused-ring (bicyclic) bond motifs is 3. The molecule has 262 valence electrons. The first kappa shape index (κ1) is 34.3. The number of aromatic nitrogens is 2. The van der Waals surface area contributed by atoms with Crippen molar-refractivity contribution < 1.29 is 0 Å². The van der Waals surface area contributed by atoms with E-state index in [1.807, 2.05) is 48.8 Å². The van der Waals surface area contributed by atoms with Crippen LogP contribution in [0.2, 0.25) is 0 Å². The Balaban J connectivity index is 1.13. The summed E-state index contributed by atoms with van der Waals surface area (Å²) >= 11 is 0. The second kappa shape index (κ2) is 15.1. The topological polar surface area (TPSA) is 25.8 Å². The molecule has 0 N–H and O–H groups in total. The van der Waals surface area contributed by atoms with Gasteiger partial charge in [-0.1, -0.05) is 218 Å². The molecule has 2 aromatic heterocycles. The molecule has 0 radical (unpaired) electrons. The third-order valence-corrected chi connectivity index (χ3v) is 10.5. The highest BCUT2D eigenvalue weighted by atomic mass is 14.7. The maximum Gasteiger partial charge on any atom is 0.107 e. The van der Waals surface area contributed by atoms with Crippen molar-refractivity contribution in [3.8, 4) is 23.7 Å². The molecule has 0 fully saturated rings. The van der Waals surface area contributed by atoms with Crippen LogP contribution in [0.4, 0.5) is 0 Å². The number of hydrogen-bond acceptors (Lipinski definition) is 2. The lowest BCUT2D eigenvalue weighted by atomic mass is 9.70. The Bertz CT molecular complexity index is 2490. The Hall–Kier alpha value is -7.52. The monoisotopic (exact) mass is 712 g/mol. The van der Waals surface area contributed by atoms with Gasteiger partial charge in [0.25, 0.3) is 0 Å². The predicted molar refractivity (Wildman–Crippen MR) is 229 cm³/mol. The summed E-state index contributed by atoms with van der Waals surface area (Å²) in [6, 6.07) is 71.6. The minimum Gasteiger partial charge on any atom is -0.253 e. The molecule has 0 unspecified atom stereocenters. The molecule has 0 aliphatic rings. The second-order valence-corrected chi connectivity index (χ2v) is 13.9. The number of hydrogen-bond donors (Lipinski definition) is 0. The lowest BCUT2D eigenvalue weighted by Gasteiger charge is -2.31. The van der Waals surface area contributed by atoms with Gasteiger partial charge in [-0.25, -0.2) is 0 Å². The van der Waals surface area contributed by atoms with E-state index in [1.54, 1.807) is 0 Å². The first-order valence-corrected chi connectivity index (χ1v) is 18.8. The van der Waals surface area contributed by atoms with Crippen LogP contribution in [0.15, 0.2) is 219 Å². The van der Waals surface area contributed by atoms with Crippen molar-refractivity contribution in [1.29, 1.82) is 0 Å². The third kappa shape index (κ3) is 6.31. The van der Waals surface area contributed by atoms with E-state index < -0.39 is 10.8 Å². The SMILES string of the molecule is C(#CC(c1ccccc1)(c1ccccc1)c1ccccc1)c1cnc2c(ccc3cc(C#CC(c4ccccc4)(c4ccccc4)c4ccccc4)cnc32)c1. The van der Waals surface area contributed by atoms with Crippen LogP contribution in [0.25, 0.3) is 21.8 Å². The molecule has 2 nitrogen and oxygen atoms in total. The first-order chi connectivity index (χ1) is 27.7. The van der Waals surface area contributed by atoms with E-state index in [-0.39, 0.29) is 0 Å². The first-order valence-electron chi connectivity index (χ1n) is 18.8. The average Bonchev–Trinajstić information content (AvgIpc) is 3.29. The van der Waals surface area contributed by atoms with E-state index in [0.717, 1.165) is 66.3 Å². The molecule has 0 bridgehead atoms. The summed E-state index contributed by atoms with van der Waals surface area (Å²) in [5, 5.41) is 1.97. The predicted octanol–water partition coefficient (Wildman–Crippen LogP) is 11.6. The zero-order chi connectivity index (χ0) is 37.6. The largest absolute Gasteiger partial charge is 0.253 e. The van der Waals surface area contributed by atoms with Crippen LogP contribution in [0.5, 0.6) is 0 Å². The Kier molecular flexibility index (Phi) is 9.22. The fraction of sp³-hybridized carbons (Fsp3) is 0.0370. The summed E-state index contributed by atoms with van der Waals surface area (Å²) in [6.07, 6.45) is 3.73. The Morgan fingerprint density at radius 2 is 0.554 bits per heavy atom. The lowest BCUT2D eigenvalue weighted by molar-refractivity contribution is 0.809. The fourth-order valence-corrected chi connectivity index (χ4v) is 7.82. The maximum absolute atomic E-state index is 4.96. The third-order valence-electron chi connectivity index (χ3n) is 10.5. The second-order valence-electron chi connectivity index (χ2n) is 13.9. The summed E-state index contributed by atoms with van der Waals surface area (Å²) < 4.78 is 0. The molecular weight excluding hydrogens is 677 g/mol. The van der Waals surface area contributed by atoms with Gasteiger partial charge in [0.1, 0.15) is 10.8 Å². The number of benzene rings is 7. The van der Waals surface area contributed by atoms with Gasteiger partial charge in [-0.05, 0) is 45.5 Å². The van der Waals surface area contributed by atoms with Gasteiger partial charge >= 0.3 is 0 Å². The summed E-state index contributed by atoms with van der Waals surface area (Å²) in [4.78, 5) is 9.92. The molecule has 9 aromatic rings.